The van der Waals surface area contributed by atoms with Crippen LogP contribution in [-0.2, 0) is 13.0 Å². The van der Waals surface area contributed by atoms with Crippen molar-refractivity contribution in [1.29, 1.82) is 0 Å². The molecule has 0 aromatic heterocycles. The van der Waals surface area contributed by atoms with Crippen molar-refractivity contribution in [2.45, 2.75) is 59.0 Å². The van der Waals surface area contributed by atoms with Gasteiger partial charge in [0.05, 0.1) is 13.2 Å². The molecule has 4 heteroatoms. The monoisotopic (exact) mass is 394 g/mol. The van der Waals surface area contributed by atoms with Crippen LogP contribution in [0.5, 0.6) is 5.75 Å². The van der Waals surface area contributed by atoms with Crippen molar-refractivity contribution in [1.82, 2.24) is 9.80 Å². The van der Waals surface area contributed by atoms with Crippen LogP contribution in [0.4, 0.5) is 4.79 Å². The molecular formula is C25H34N2O2. The van der Waals surface area contributed by atoms with Crippen LogP contribution in [0.1, 0.15) is 48.4 Å². The molecule has 3 rings (SSSR count). The average molecular weight is 395 g/mol. The minimum absolute atomic E-state index is 0.194. The number of carbonyl (C=O) groups excluding carboxylic acids is 1. The predicted molar refractivity (Wildman–Crippen MR) is 118 cm³/mol. The smallest absolute Gasteiger partial charge is 0.320 e. The van der Waals surface area contributed by atoms with Crippen LogP contribution >= 0.6 is 0 Å². The molecule has 2 aromatic rings. The number of rotatable bonds is 9. The van der Waals surface area contributed by atoms with Crippen molar-refractivity contribution in [3.63, 3.8) is 0 Å². The van der Waals surface area contributed by atoms with Crippen LogP contribution in [0.25, 0.3) is 0 Å². The van der Waals surface area contributed by atoms with E-state index in [1.807, 2.05) is 17.0 Å². The molecule has 0 saturated carbocycles. The van der Waals surface area contributed by atoms with E-state index in [1.54, 1.807) is 7.11 Å². The fraction of sp³-hybridized carbons (Fsp3) is 0.480. The van der Waals surface area contributed by atoms with Gasteiger partial charge < -0.3 is 14.5 Å². The molecule has 1 atom stereocenters. The van der Waals surface area contributed by atoms with Crippen molar-refractivity contribution in [2.24, 2.45) is 0 Å². The first kappa shape index (κ1) is 21.2. The molecule has 1 fully saturated rings. The molecular weight excluding hydrogens is 360 g/mol. The Morgan fingerprint density at radius 2 is 1.76 bits per heavy atom. The minimum atomic E-state index is 0.194. The largest absolute Gasteiger partial charge is 0.497 e. The highest BCUT2D eigenvalue weighted by atomic mass is 16.5. The molecule has 1 heterocycles. The Kier molecular flexibility index (Phi) is 7.18. The lowest BCUT2D eigenvalue weighted by atomic mass is 10.0. The van der Waals surface area contributed by atoms with Crippen LogP contribution in [0.3, 0.4) is 0 Å². The van der Waals surface area contributed by atoms with Crippen molar-refractivity contribution >= 4 is 6.03 Å². The number of hydrogen-bond donors (Lipinski definition) is 0. The zero-order chi connectivity index (χ0) is 20.8. The second kappa shape index (κ2) is 9.82. The lowest BCUT2D eigenvalue weighted by Crippen LogP contribution is -2.35. The number of urea groups is 1. The number of nitrogens with zero attached hydrogens (tertiary/aromatic N) is 2. The summed E-state index contributed by atoms with van der Waals surface area (Å²) in [5.74, 6) is 0.895. The molecule has 1 saturated heterocycles. The summed E-state index contributed by atoms with van der Waals surface area (Å²) in [5.41, 5.74) is 5.13. The van der Waals surface area contributed by atoms with E-state index in [4.69, 9.17) is 4.74 Å². The van der Waals surface area contributed by atoms with Gasteiger partial charge in [0.2, 0.25) is 0 Å². The number of ether oxygens (including phenoxy) is 1. The maximum Gasteiger partial charge on any atom is 0.320 e. The van der Waals surface area contributed by atoms with Gasteiger partial charge in [-0.3, -0.25) is 0 Å². The van der Waals surface area contributed by atoms with Gasteiger partial charge in [0, 0.05) is 19.6 Å². The Hall–Kier alpha value is -2.49. The second-order valence-electron chi connectivity index (χ2n) is 8.17. The molecule has 0 aliphatic carbocycles. The number of hydrogen-bond acceptors (Lipinski definition) is 2. The molecule has 0 bridgehead atoms. The van der Waals surface area contributed by atoms with E-state index in [1.165, 1.54) is 22.3 Å². The first-order valence-electron chi connectivity index (χ1n) is 10.8. The van der Waals surface area contributed by atoms with Crippen LogP contribution in [0, 0.1) is 13.8 Å². The molecule has 0 N–H and O–H groups in total. The number of aryl methyl sites for hydroxylation is 3. The molecule has 2 amide bonds. The van der Waals surface area contributed by atoms with Crippen molar-refractivity contribution in [3.8, 4) is 5.75 Å². The normalized spacial score (nSPS) is 16.6. The van der Waals surface area contributed by atoms with E-state index >= 15 is 0 Å². The van der Waals surface area contributed by atoms with Gasteiger partial charge in [0.15, 0.2) is 0 Å². The van der Waals surface area contributed by atoms with E-state index in [2.05, 4.69) is 56.0 Å². The van der Waals surface area contributed by atoms with Gasteiger partial charge in [-0.05, 0) is 73.9 Å². The Morgan fingerprint density at radius 3 is 2.41 bits per heavy atom. The zero-order valence-corrected chi connectivity index (χ0v) is 18.3. The lowest BCUT2D eigenvalue weighted by molar-refractivity contribution is 0.183. The summed E-state index contributed by atoms with van der Waals surface area (Å²) < 4.78 is 5.23. The molecule has 0 spiro atoms. The third-order valence-corrected chi connectivity index (χ3v) is 5.96. The Labute approximate surface area is 175 Å². The maximum absolute atomic E-state index is 13.0. The molecule has 1 aliphatic rings. The van der Waals surface area contributed by atoms with Gasteiger partial charge in [-0.1, -0.05) is 37.3 Å². The summed E-state index contributed by atoms with van der Waals surface area (Å²) in [6, 6.07) is 15.3. The first-order valence-corrected chi connectivity index (χ1v) is 10.8. The molecule has 0 radical (unpaired) electrons. The average Bonchev–Trinajstić information content (AvgIpc) is 3.01. The van der Waals surface area contributed by atoms with Crippen LogP contribution in [0.15, 0.2) is 42.5 Å². The third kappa shape index (κ3) is 5.31. The van der Waals surface area contributed by atoms with Gasteiger partial charge in [0.25, 0.3) is 0 Å². The van der Waals surface area contributed by atoms with E-state index in [0.717, 1.165) is 44.5 Å². The summed E-state index contributed by atoms with van der Waals surface area (Å²) >= 11 is 0. The van der Waals surface area contributed by atoms with Crippen LogP contribution in [-0.4, -0.2) is 42.1 Å². The number of methoxy groups -OCH3 is 1. The topological polar surface area (TPSA) is 32.8 Å². The molecule has 156 valence electrons. The van der Waals surface area contributed by atoms with E-state index < -0.39 is 0 Å². The molecule has 4 nitrogen and oxygen atoms in total. The van der Waals surface area contributed by atoms with Gasteiger partial charge in [-0.25, -0.2) is 4.79 Å². The first-order chi connectivity index (χ1) is 14.0. The molecule has 29 heavy (non-hydrogen) atoms. The minimum Gasteiger partial charge on any atom is -0.497 e. The van der Waals surface area contributed by atoms with Crippen molar-refractivity contribution < 1.29 is 9.53 Å². The molecule has 1 unspecified atom stereocenters. The maximum atomic E-state index is 13.0. The van der Waals surface area contributed by atoms with Crippen molar-refractivity contribution in [3.05, 3.63) is 64.7 Å². The van der Waals surface area contributed by atoms with Crippen LogP contribution < -0.4 is 4.74 Å². The zero-order valence-electron chi connectivity index (χ0n) is 18.3. The Balaban J connectivity index is 1.59. The molecule has 2 aromatic carbocycles. The summed E-state index contributed by atoms with van der Waals surface area (Å²) in [6.45, 7) is 8.78. The summed E-state index contributed by atoms with van der Waals surface area (Å²) in [7, 11) is 1.69. The van der Waals surface area contributed by atoms with E-state index in [-0.39, 0.29) is 6.03 Å². The fourth-order valence-electron chi connectivity index (χ4n) is 4.12. The highest BCUT2D eigenvalue weighted by Gasteiger charge is 2.35. The molecule has 1 aliphatic heterocycles. The van der Waals surface area contributed by atoms with Gasteiger partial charge in [-0.2, -0.15) is 0 Å². The fourth-order valence-corrected chi connectivity index (χ4v) is 4.12. The third-order valence-electron chi connectivity index (χ3n) is 5.96. The summed E-state index contributed by atoms with van der Waals surface area (Å²) in [5, 5.41) is 0. The van der Waals surface area contributed by atoms with Gasteiger partial charge >= 0.3 is 6.03 Å². The van der Waals surface area contributed by atoms with Gasteiger partial charge in [0.1, 0.15) is 5.75 Å². The summed E-state index contributed by atoms with van der Waals surface area (Å²) in [6.07, 6.45) is 4.16. The lowest BCUT2D eigenvalue weighted by Gasteiger charge is -2.22. The van der Waals surface area contributed by atoms with Gasteiger partial charge in [-0.15, -0.1) is 0 Å². The number of benzene rings is 2. The summed E-state index contributed by atoms with van der Waals surface area (Å²) in [4.78, 5) is 17.1. The Bertz CT molecular complexity index is 816. The standard InChI is InChI=1S/C25H34N2O2/c1-5-15-27-23(8-6-7-21-11-13-24(29-4)14-12-21)18-26(25(27)28)17-22-10-9-19(2)20(3)16-22/h9-14,16,23H,5-8,15,17-18H2,1-4H3. The highest BCUT2D eigenvalue weighted by molar-refractivity contribution is 5.77. The van der Waals surface area contributed by atoms with E-state index in [9.17, 15) is 4.79 Å². The second-order valence-corrected chi connectivity index (χ2v) is 8.17. The SMILES string of the molecule is CCCN1C(=O)N(Cc2ccc(C)c(C)c2)CC1CCCc1ccc(OC)cc1. The number of amides is 2. The predicted octanol–water partition coefficient (Wildman–Crippen LogP) is 5.35. The Morgan fingerprint density at radius 1 is 1.03 bits per heavy atom. The quantitative estimate of drug-likeness (QED) is 0.574. The number of carbonyl (C=O) groups is 1. The highest BCUT2D eigenvalue weighted by Crippen LogP contribution is 2.24. The van der Waals surface area contributed by atoms with E-state index in [0.29, 0.717) is 12.6 Å². The van der Waals surface area contributed by atoms with Crippen LogP contribution in [0.2, 0.25) is 0 Å². The van der Waals surface area contributed by atoms with Crippen molar-refractivity contribution in [2.75, 3.05) is 20.2 Å².